The Morgan fingerprint density at radius 2 is 1.91 bits per heavy atom. The van der Waals surface area contributed by atoms with E-state index < -0.39 is 26.8 Å². The molecule has 5 rings (SSSR count). The summed E-state index contributed by atoms with van der Waals surface area (Å²) in [4.78, 5) is 15.3. The first-order valence-corrected chi connectivity index (χ1v) is 13.5. The van der Waals surface area contributed by atoms with Crippen molar-refractivity contribution < 1.29 is 17.7 Å². The zero-order valence-corrected chi connectivity index (χ0v) is 20.5. The van der Waals surface area contributed by atoms with E-state index in [0.717, 1.165) is 67.0 Å². The molecule has 34 heavy (non-hydrogen) atoms. The molecule has 3 aliphatic rings. The van der Waals surface area contributed by atoms with Gasteiger partial charge in [-0.05, 0) is 73.7 Å². The van der Waals surface area contributed by atoms with Gasteiger partial charge in [0.25, 0.3) is 0 Å². The predicted octanol–water partition coefficient (Wildman–Crippen LogP) is 1.16. The van der Waals surface area contributed by atoms with Gasteiger partial charge in [0.05, 0.1) is 23.6 Å². The maximum Gasteiger partial charge on any atom is 0.436 e. The SMILES string of the molecule is CCN1CCC(N(c2cnn(C)c2)S(=O)(=O)[NH+]([O-])C(=O)Nc2c3c(cc4c2CCC4)CCC3)C1. The van der Waals surface area contributed by atoms with E-state index in [4.69, 9.17) is 0 Å². The number of hydroxylamine groups is 1. The molecule has 1 fully saturated rings. The molecular weight excluding hydrogens is 456 g/mol. The van der Waals surface area contributed by atoms with Crippen LogP contribution in [0.25, 0.3) is 0 Å². The largest absolute Gasteiger partial charge is 0.608 e. The zero-order valence-electron chi connectivity index (χ0n) is 19.7. The first-order chi connectivity index (χ1) is 16.3. The van der Waals surface area contributed by atoms with Crippen molar-refractivity contribution in [3.05, 3.63) is 45.9 Å². The van der Waals surface area contributed by atoms with Crippen LogP contribution in [0, 0.1) is 5.21 Å². The van der Waals surface area contributed by atoms with Gasteiger partial charge < -0.3 is 10.1 Å². The molecule has 0 bridgehead atoms. The van der Waals surface area contributed by atoms with E-state index >= 15 is 0 Å². The highest BCUT2D eigenvalue weighted by atomic mass is 32.2. The fraction of sp³-hybridized carbons (Fsp3) is 0.565. The van der Waals surface area contributed by atoms with Crippen molar-refractivity contribution in [1.82, 2.24) is 14.7 Å². The molecule has 2 amide bonds. The van der Waals surface area contributed by atoms with Gasteiger partial charge in [0.1, 0.15) is 0 Å². The second-order valence-electron chi connectivity index (χ2n) is 9.48. The van der Waals surface area contributed by atoms with E-state index in [1.165, 1.54) is 22.0 Å². The van der Waals surface area contributed by atoms with Crippen LogP contribution in [0.2, 0.25) is 0 Å². The van der Waals surface area contributed by atoms with Crippen molar-refractivity contribution in [2.24, 2.45) is 7.05 Å². The van der Waals surface area contributed by atoms with E-state index in [9.17, 15) is 18.4 Å². The van der Waals surface area contributed by atoms with Crippen LogP contribution in [0.5, 0.6) is 0 Å². The van der Waals surface area contributed by atoms with Crippen molar-refractivity contribution in [3.8, 4) is 0 Å². The summed E-state index contributed by atoms with van der Waals surface area (Å²) in [5.41, 5.74) is 5.48. The van der Waals surface area contributed by atoms with Gasteiger partial charge in [-0.15, -0.1) is 0 Å². The van der Waals surface area contributed by atoms with Crippen LogP contribution in [0.3, 0.4) is 0 Å². The standard InChI is InChI=1S/C23H32N6O4S/c1-3-27-11-10-18(15-27)28(19-13-24-26(2)14-19)34(32,33)29(31)23(30)25-22-20-8-4-6-16(20)12-17-7-5-9-21(17)22/h12-14,18,29H,3-11,15H2,1-2H3,(H,25,30). The maximum atomic E-state index is 13.6. The lowest BCUT2D eigenvalue weighted by atomic mass is 9.99. The number of likely N-dealkylation sites (N-methyl/N-ethyl adjacent to an activating group) is 1. The molecule has 2 atom stereocenters. The number of rotatable bonds is 6. The van der Waals surface area contributed by atoms with Crippen LogP contribution in [0.4, 0.5) is 16.2 Å². The van der Waals surface area contributed by atoms with Gasteiger partial charge >= 0.3 is 16.2 Å². The first kappa shape index (κ1) is 23.3. The Kier molecular flexibility index (Phi) is 6.13. The molecule has 0 saturated carbocycles. The van der Waals surface area contributed by atoms with Crippen LogP contribution in [0.1, 0.15) is 48.4 Å². The van der Waals surface area contributed by atoms with Crippen LogP contribution in [-0.4, -0.2) is 54.8 Å². The van der Waals surface area contributed by atoms with E-state index in [1.807, 2.05) is 6.92 Å². The number of likely N-dealkylation sites (tertiary alicyclic amines) is 1. The third kappa shape index (κ3) is 4.00. The molecule has 2 N–H and O–H groups in total. The number of aromatic nitrogens is 2. The number of carbonyl (C=O) groups excluding carboxylic acids is 1. The Hall–Kier alpha value is -2.47. The molecule has 1 aromatic carbocycles. The Balaban J connectivity index is 1.45. The summed E-state index contributed by atoms with van der Waals surface area (Å²) in [6.45, 7) is 4.03. The summed E-state index contributed by atoms with van der Waals surface area (Å²) < 4.78 is 28.3. The second-order valence-corrected chi connectivity index (χ2v) is 11.2. The van der Waals surface area contributed by atoms with Crippen LogP contribution < -0.4 is 14.1 Å². The molecule has 184 valence electrons. The van der Waals surface area contributed by atoms with Gasteiger partial charge in [-0.1, -0.05) is 13.0 Å². The highest BCUT2D eigenvalue weighted by molar-refractivity contribution is 7.86. The number of nitrogens with one attached hydrogen (secondary N) is 2. The number of anilines is 2. The molecule has 2 unspecified atom stereocenters. The van der Waals surface area contributed by atoms with E-state index in [2.05, 4.69) is 21.4 Å². The fourth-order valence-electron chi connectivity index (χ4n) is 5.70. The van der Waals surface area contributed by atoms with Crippen molar-refractivity contribution in [2.75, 3.05) is 29.3 Å². The minimum Gasteiger partial charge on any atom is -0.608 e. The smallest absolute Gasteiger partial charge is 0.436 e. The molecular formula is C23H32N6O4S. The predicted molar refractivity (Wildman–Crippen MR) is 129 cm³/mol. The molecule has 1 aromatic heterocycles. The number of fused-ring (bicyclic) bond motifs is 2. The van der Waals surface area contributed by atoms with E-state index in [0.29, 0.717) is 24.3 Å². The second kappa shape index (κ2) is 8.95. The number of quaternary nitrogens is 1. The number of hydrogen-bond donors (Lipinski definition) is 2. The Morgan fingerprint density at radius 3 is 2.47 bits per heavy atom. The quantitative estimate of drug-likeness (QED) is 0.590. The summed E-state index contributed by atoms with van der Waals surface area (Å²) in [5.74, 6) is 0. The number of carbonyl (C=O) groups is 1. The monoisotopic (exact) mass is 488 g/mol. The number of nitrogens with zero attached hydrogens (tertiary/aromatic N) is 4. The molecule has 1 saturated heterocycles. The van der Waals surface area contributed by atoms with Gasteiger partial charge in [-0.2, -0.15) is 18.0 Å². The summed E-state index contributed by atoms with van der Waals surface area (Å²) in [6, 6.07) is 0.701. The summed E-state index contributed by atoms with van der Waals surface area (Å²) in [7, 11) is -2.91. The number of urea groups is 1. The third-order valence-corrected chi connectivity index (χ3v) is 9.04. The molecule has 2 heterocycles. The Bertz CT molecular complexity index is 1180. The molecule has 11 heteroatoms. The average molecular weight is 489 g/mol. The lowest BCUT2D eigenvalue weighted by Crippen LogP contribution is -3.14. The number of hydrogen-bond acceptors (Lipinski definition) is 6. The van der Waals surface area contributed by atoms with Gasteiger partial charge in [-0.3, -0.25) is 10.00 Å². The normalized spacial score (nSPS) is 20.9. The lowest BCUT2D eigenvalue weighted by molar-refractivity contribution is -0.604. The van der Waals surface area contributed by atoms with Crippen molar-refractivity contribution >= 4 is 27.6 Å². The van der Waals surface area contributed by atoms with Crippen LogP contribution in [0.15, 0.2) is 18.5 Å². The minimum atomic E-state index is -4.60. The molecule has 0 spiro atoms. The third-order valence-electron chi connectivity index (χ3n) is 7.36. The van der Waals surface area contributed by atoms with Gasteiger partial charge in [-0.25, -0.2) is 9.10 Å². The van der Waals surface area contributed by atoms with E-state index in [-0.39, 0.29) is 0 Å². The zero-order chi connectivity index (χ0) is 24.0. The fourth-order valence-corrected chi connectivity index (χ4v) is 7.10. The van der Waals surface area contributed by atoms with Crippen molar-refractivity contribution in [3.63, 3.8) is 0 Å². The van der Waals surface area contributed by atoms with Crippen molar-refractivity contribution in [2.45, 2.75) is 57.9 Å². The summed E-state index contributed by atoms with van der Waals surface area (Å²) >= 11 is 0. The summed E-state index contributed by atoms with van der Waals surface area (Å²) in [6.07, 6.45) is 9.12. The number of benzene rings is 1. The Labute approximate surface area is 200 Å². The van der Waals surface area contributed by atoms with Gasteiger partial charge in [0.2, 0.25) is 0 Å². The van der Waals surface area contributed by atoms with E-state index in [1.54, 1.807) is 13.2 Å². The number of amides is 2. The topological polar surface area (TPSA) is 115 Å². The average Bonchev–Trinajstić information content (AvgIpc) is 3.60. The lowest BCUT2D eigenvalue weighted by Gasteiger charge is -2.32. The van der Waals surface area contributed by atoms with Gasteiger partial charge in [0.15, 0.2) is 0 Å². The Morgan fingerprint density at radius 1 is 1.24 bits per heavy atom. The molecule has 1 aliphatic heterocycles. The summed E-state index contributed by atoms with van der Waals surface area (Å²) in [5, 5.41) is 20.1. The molecule has 2 aromatic rings. The van der Waals surface area contributed by atoms with Crippen molar-refractivity contribution in [1.29, 1.82) is 0 Å². The first-order valence-electron chi connectivity index (χ1n) is 12.1. The molecule has 0 radical (unpaired) electrons. The van der Waals surface area contributed by atoms with Crippen LogP contribution >= 0.6 is 0 Å². The molecule has 10 nitrogen and oxygen atoms in total. The highest BCUT2D eigenvalue weighted by Gasteiger charge is 2.42. The maximum absolute atomic E-state index is 13.6. The highest BCUT2D eigenvalue weighted by Crippen LogP contribution is 2.38. The molecule has 2 aliphatic carbocycles. The number of aryl methyl sites for hydroxylation is 3. The van der Waals surface area contributed by atoms with Crippen LogP contribution in [-0.2, 0) is 42.9 Å². The minimum absolute atomic E-state index is 0.299. The van der Waals surface area contributed by atoms with Gasteiger partial charge in [0, 0.05) is 26.3 Å².